The van der Waals surface area contributed by atoms with Crippen molar-refractivity contribution >= 4 is 38.9 Å². The normalized spacial score (nSPS) is 11.1. The number of methoxy groups -OCH3 is 1. The van der Waals surface area contributed by atoms with Crippen LogP contribution in [0, 0.1) is 0 Å². The van der Waals surface area contributed by atoms with E-state index in [-0.39, 0.29) is 22.1 Å². The quantitative estimate of drug-likeness (QED) is 0.354. The van der Waals surface area contributed by atoms with E-state index in [1.54, 1.807) is 36.4 Å². The van der Waals surface area contributed by atoms with Crippen LogP contribution >= 0.6 is 11.6 Å². The smallest absolute Gasteiger partial charge is 0.292 e. The fraction of sp³-hybridized carbons (Fsp3) is 0.0417. The Morgan fingerprint density at radius 2 is 1.64 bits per heavy atom. The largest absolute Gasteiger partial charge is 0.495 e. The molecule has 2 N–H and O–H groups in total. The van der Waals surface area contributed by atoms with Gasteiger partial charge >= 0.3 is 0 Å². The SMILES string of the molecule is COc1ccc(NC(=O)c2occc2-c2ccccc2)cc1S(=O)(=O)Nc1ccc(Cl)cc1. The number of amides is 1. The van der Waals surface area contributed by atoms with Crippen LogP contribution in [0.25, 0.3) is 11.1 Å². The molecule has 7 nitrogen and oxygen atoms in total. The van der Waals surface area contributed by atoms with Crippen LogP contribution < -0.4 is 14.8 Å². The van der Waals surface area contributed by atoms with Crippen LogP contribution in [0.3, 0.4) is 0 Å². The van der Waals surface area contributed by atoms with E-state index in [4.69, 9.17) is 20.8 Å². The van der Waals surface area contributed by atoms with Crippen LogP contribution in [0.1, 0.15) is 10.6 Å². The lowest BCUT2D eigenvalue weighted by molar-refractivity contribution is 0.0997. The van der Waals surface area contributed by atoms with Crippen LogP contribution in [0.5, 0.6) is 5.75 Å². The number of carbonyl (C=O) groups excluding carboxylic acids is 1. The second kappa shape index (κ2) is 9.40. The van der Waals surface area contributed by atoms with Crippen molar-refractivity contribution in [2.24, 2.45) is 0 Å². The number of carbonyl (C=O) groups is 1. The van der Waals surface area contributed by atoms with Gasteiger partial charge in [-0.3, -0.25) is 9.52 Å². The molecule has 0 aliphatic heterocycles. The average Bonchev–Trinajstić information content (AvgIpc) is 3.31. The standard InChI is InChI=1S/C24H19ClN2O5S/c1-31-21-12-11-19(15-22(21)33(29,30)27-18-9-7-17(25)8-10-18)26-24(28)23-20(13-14-32-23)16-5-3-2-4-6-16/h2-15,27H,1H3,(H,26,28). The van der Waals surface area contributed by atoms with Crippen molar-refractivity contribution in [3.05, 3.63) is 95.9 Å². The number of anilines is 2. The molecule has 4 rings (SSSR count). The molecule has 0 aliphatic carbocycles. The number of hydrogen-bond acceptors (Lipinski definition) is 5. The maximum Gasteiger partial charge on any atom is 0.292 e. The first kappa shape index (κ1) is 22.4. The topological polar surface area (TPSA) is 97.6 Å². The molecule has 0 saturated carbocycles. The van der Waals surface area contributed by atoms with E-state index in [0.29, 0.717) is 16.3 Å². The highest BCUT2D eigenvalue weighted by molar-refractivity contribution is 7.92. The summed E-state index contributed by atoms with van der Waals surface area (Å²) in [5.41, 5.74) is 2.03. The van der Waals surface area contributed by atoms with Crippen molar-refractivity contribution in [3.8, 4) is 16.9 Å². The van der Waals surface area contributed by atoms with Gasteiger partial charge in [0.25, 0.3) is 15.9 Å². The molecular formula is C24H19ClN2O5S. The molecule has 168 valence electrons. The lowest BCUT2D eigenvalue weighted by Crippen LogP contribution is -2.16. The Morgan fingerprint density at radius 1 is 0.939 bits per heavy atom. The molecule has 3 aromatic carbocycles. The number of ether oxygens (including phenoxy) is 1. The fourth-order valence-corrected chi connectivity index (χ4v) is 4.59. The molecule has 33 heavy (non-hydrogen) atoms. The van der Waals surface area contributed by atoms with E-state index in [2.05, 4.69) is 10.0 Å². The first-order valence-corrected chi connectivity index (χ1v) is 11.6. The highest BCUT2D eigenvalue weighted by Crippen LogP contribution is 2.30. The molecule has 0 saturated heterocycles. The zero-order valence-corrected chi connectivity index (χ0v) is 19.0. The van der Waals surface area contributed by atoms with E-state index in [9.17, 15) is 13.2 Å². The van der Waals surface area contributed by atoms with Gasteiger partial charge in [-0.15, -0.1) is 0 Å². The first-order valence-electron chi connectivity index (χ1n) is 9.78. The van der Waals surface area contributed by atoms with Crippen molar-refractivity contribution in [2.75, 3.05) is 17.1 Å². The van der Waals surface area contributed by atoms with Crippen molar-refractivity contribution in [1.82, 2.24) is 0 Å². The minimum atomic E-state index is -4.02. The lowest BCUT2D eigenvalue weighted by atomic mass is 10.1. The predicted octanol–water partition coefficient (Wildman–Crippen LogP) is 5.66. The van der Waals surface area contributed by atoms with E-state index >= 15 is 0 Å². The van der Waals surface area contributed by atoms with Gasteiger partial charge in [-0.05, 0) is 54.1 Å². The zero-order chi connectivity index (χ0) is 23.4. The van der Waals surface area contributed by atoms with Gasteiger partial charge in [0.15, 0.2) is 5.76 Å². The Morgan fingerprint density at radius 3 is 2.33 bits per heavy atom. The first-order chi connectivity index (χ1) is 15.9. The van der Waals surface area contributed by atoms with Crippen molar-refractivity contribution in [1.29, 1.82) is 0 Å². The number of sulfonamides is 1. The number of halogens is 1. The second-order valence-corrected chi connectivity index (χ2v) is 9.05. The molecule has 0 aliphatic rings. The van der Waals surface area contributed by atoms with Crippen LogP contribution in [0.15, 0.2) is 94.4 Å². The summed E-state index contributed by atoms with van der Waals surface area (Å²) in [5, 5.41) is 3.17. The van der Waals surface area contributed by atoms with Crippen LogP contribution in [-0.4, -0.2) is 21.4 Å². The van der Waals surface area contributed by atoms with E-state index in [1.165, 1.54) is 25.5 Å². The fourth-order valence-electron chi connectivity index (χ4n) is 3.21. The summed E-state index contributed by atoms with van der Waals surface area (Å²) in [6.07, 6.45) is 1.43. The highest BCUT2D eigenvalue weighted by atomic mass is 35.5. The van der Waals surface area contributed by atoms with E-state index in [0.717, 1.165) is 5.56 Å². The summed E-state index contributed by atoms with van der Waals surface area (Å²) in [5.74, 6) is -0.281. The lowest BCUT2D eigenvalue weighted by Gasteiger charge is -2.14. The summed E-state index contributed by atoms with van der Waals surface area (Å²) in [4.78, 5) is 12.8. The van der Waals surface area contributed by atoms with Gasteiger partial charge < -0.3 is 14.5 Å². The Hall–Kier alpha value is -3.75. The van der Waals surface area contributed by atoms with Crippen molar-refractivity contribution in [2.45, 2.75) is 4.90 Å². The van der Waals surface area contributed by atoms with Gasteiger partial charge in [0, 0.05) is 22.0 Å². The van der Waals surface area contributed by atoms with E-state index in [1.807, 2.05) is 30.3 Å². The van der Waals surface area contributed by atoms with Gasteiger partial charge in [0.1, 0.15) is 10.6 Å². The third-order valence-corrected chi connectivity index (χ3v) is 6.42. The summed E-state index contributed by atoms with van der Waals surface area (Å²) in [6.45, 7) is 0. The highest BCUT2D eigenvalue weighted by Gasteiger charge is 2.22. The number of nitrogens with one attached hydrogen (secondary N) is 2. The van der Waals surface area contributed by atoms with Crippen LogP contribution in [-0.2, 0) is 10.0 Å². The van der Waals surface area contributed by atoms with Crippen molar-refractivity contribution in [3.63, 3.8) is 0 Å². The number of rotatable bonds is 7. The van der Waals surface area contributed by atoms with Gasteiger partial charge in [-0.1, -0.05) is 41.9 Å². The maximum absolute atomic E-state index is 13.0. The Kier molecular flexibility index (Phi) is 6.39. The molecule has 0 bridgehead atoms. The van der Waals surface area contributed by atoms with Gasteiger partial charge in [-0.25, -0.2) is 8.42 Å². The number of furan rings is 1. The summed E-state index contributed by atoms with van der Waals surface area (Å²) in [7, 11) is -2.66. The molecule has 0 spiro atoms. The second-order valence-electron chi connectivity index (χ2n) is 6.96. The molecule has 0 atom stereocenters. The predicted molar refractivity (Wildman–Crippen MR) is 127 cm³/mol. The molecule has 0 radical (unpaired) electrons. The summed E-state index contributed by atoms with van der Waals surface area (Å²) in [6, 6.07) is 21.6. The average molecular weight is 483 g/mol. The molecule has 1 aromatic heterocycles. The molecule has 0 unspecified atom stereocenters. The van der Waals surface area contributed by atoms with Crippen LogP contribution in [0.2, 0.25) is 5.02 Å². The third kappa shape index (κ3) is 5.02. The molecular weight excluding hydrogens is 464 g/mol. The molecule has 0 fully saturated rings. The summed E-state index contributed by atoms with van der Waals surface area (Å²) < 4.78 is 39.1. The minimum absolute atomic E-state index is 0.112. The molecule has 9 heteroatoms. The maximum atomic E-state index is 13.0. The Labute approximate surface area is 196 Å². The molecule has 1 heterocycles. The van der Waals surface area contributed by atoms with Crippen LogP contribution in [0.4, 0.5) is 11.4 Å². The minimum Gasteiger partial charge on any atom is -0.495 e. The van der Waals surface area contributed by atoms with E-state index < -0.39 is 15.9 Å². The van der Waals surface area contributed by atoms with Gasteiger partial charge in [0.05, 0.1) is 13.4 Å². The monoisotopic (exact) mass is 482 g/mol. The third-order valence-electron chi connectivity index (χ3n) is 4.76. The van der Waals surface area contributed by atoms with Crippen molar-refractivity contribution < 1.29 is 22.4 Å². The molecule has 1 amide bonds. The number of benzene rings is 3. The summed E-state index contributed by atoms with van der Waals surface area (Å²) >= 11 is 5.86. The Bertz CT molecular complexity index is 1380. The Balaban J connectivity index is 1.62. The molecule has 4 aromatic rings. The van der Waals surface area contributed by atoms with Gasteiger partial charge in [-0.2, -0.15) is 0 Å². The zero-order valence-electron chi connectivity index (χ0n) is 17.4. The van der Waals surface area contributed by atoms with Gasteiger partial charge in [0.2, 0.25) is 0 Å². The number of hydrogen-bond donors (Lipinski definition) is 2.